The maximum absolute atomic E-state index is 5.68. The number of nitrogens with two attached hydrogens (primary N) is 1. The van der Waals surface area contributed by atoms with Gasteiger partial charge in [0.05, 0.1) is 7.11 Å². The Morgan fingerprint density at radius 3 is 3.11 bits per heavy atom. The van der Waals surface area contributed by atoms with Gasteiger partial charge in [-0.3, -0.25) is 4.99 Å². The van der Waals surface area contributed by atoms with Crippen LogP contribution in [0.4, 0.5) is 5.69 Å². The quantitative estimate of drug-likeness (QED) is 0.614. The second-order valence-corrected chi connectivity index (χ2v) is 4.39. The highest BCUT2D eigenvalue weighted by Crippen LogP contribution is 2.24. The van der Waals surface area contributed by atoms with Crippen LogP contribution in [0.25, 0.3) is 0 Å². The molecule has 3 N–H and O–H groups in total. The van der Waals surface area contributed by atoms with Gasteiger partial charge in [-0.25, -0.2) is 0 Å². The molecule has 0 saturated carbocycles. The molecule has 0 aromatic heterocycles. The Morgan fingerprint density at radius 1 is 1.56 bits per heavy atom. The van der Waals surface area contributed by atoms with Crippen molar-refractivity contribution < 1.29 is 4.74 Å². The number of aliphatic imine (C=N–C) groups is 1. The standard InChI is InChI=1S/C13H20N4O/c1-15-13(14)16-10-6-7-17(9-10)11-4-3-5-12(8-11)18-2/h3-5,8,10H,6-7,9H2,1-2H3,(H3,14,15,16). The number of nitrogens with zero attached hydrogens (tertiary/aromatic N) is 2. The molecule has 1 atom stereocenters. The van der Waals surface area contributed by atoms with Crippen LogP contribution in [0.5, 0.6) is 5.75 Å². The van der Waals surface area contributed by atoms with E-state index in [2.05, 4.69) is 27.3 Å². The second kappa shape index (κ2) is 5.62. The monoisotopic (exact) mass is 248 g/mol. The maximum atomic E-state index is 5.68. The van der Waals surface area contributed by atoms with Crippen molar-refractivity contribution in [1.29, 1.82) is 0 Å². The summed E-state index contributed by atoms with van der Waals surface area (Å²) in [4.78, 5) is 6.24. The van der Waals surface area contributed by atoms with Gasteiger partial charge >= 0.3 is 0 Å². The van der Waals surface area contributed by atoms with Crippen molar-refractivity contribution in [1.82, 2.24) is 5.32 Å². The highest BCUT2D eigenvalue weighted by molar-refractivity contribution is 5.78. The smallest absolute Gasteiger partial charge is 0.188 e. The third kappa shape index (κ3) is 2.85. The zero-order chi connectivity index (χ0) is 13.0. The zero-order valence-corrected chi connectivity index (χ0v) is 10.9. The number of hydrogen-bond acceptors (Lipinski definition) is 3. The molecule has 1 heterocycles. The van der Waals surface area contributed by atoms with Crippen LogP contribution in [0.3, 0.4) is 0 Å². The predicted molar refractivity (Wildman–Crippen MR) is 74.3 cm³/mol. The Hall–Kier alpha value is -1.91. The summed E-state index contributed by atoms with van der Waals surface area (Å²) in [6, 6.07) is 8.48. The fourth-order valence-corrected chi connectivity index (χ4v) is 2.19. The molecule has 0 aliphatic carbocycles. The molecule has 1 aliphatic heterocycles. The number of methoxy groups -OCH3 is 1. The number of benzene rings is 1. The largest absolute Gasteiger partial charge is 0.497 e. The highest BCUT2D eigenvalue weighted by Gasteiger charge is 2.23. The molecule has 2 rings (SSSR count). The zero-order valence-electron chi connectivity index (χ0n) is 10.9. The Labute approximate surface area is 108 Å². The van der Waals surface area contributed by atoms with E-state index in [1.165, 1.54) is 5.69 Å². The molecule has 0 bridgehead atoms. The second-order valence-electron chi connectivity index (χ2n) is 4.39. The van der Waals surface area contributed by atoms with Crippen LogP contribution in [0, 0.1) is 0 Å². The van der Waals surface area contributed by atoms with Gasteiger partial charge in [0.1, 0.15) is 5.75 Å². The average molecular weight is 248 g/mol. The molecule has 1 aliphatic rings. The molecule has 1 saturated heterocycles. The third-order valence-electron chi connectivity index (χ3n) is 3.20. The van der Waals surface area contributed by atoms with Gasteiger partial charge in [0.15, 0.2) is 5.96 Å². The molecule has 1 unspecified atom stereocenters. The van der Waals surface area contributed by atoms with Crippen molar-refractivity contribution in [2.45, 2.75) is 12.5 Å². The summed E-state index contributed by atoms with van der Waals surface area (Å²) in [5.74, 6) is 1.39. The molecule has 1 aromatic rings. The first-order valence-corrected chi connectivity index (χ1v) is 6.10. The number of rotatable bonds is 3. The molecular weight excluding hydrogens is 228 g/mol. The SMILES string of the molecule is CN=C(N)NC1CCN(c2cccc(OC)c2)C1. The van der Waals surface area contributed by atoms with Crippen molar-refractivity contribution in [2.24, 2.45) is 10.7 Å². The van der Waals surface area contributed by atoms with Crippen molar-refractivity contribution in [2.75, 3.05) is 32.1 Å². The van der Waals surface area contributed by atoms with Gasteiger partial charge in [0.2, 0.25) is 0 Å². The average Bonchev–Trinajstić information content (AvgIpc) is 2.87. The molecule has 98 valence electrons. The predicted octanol–water partition coefficient (Wildman–Crippen LogP) is 0.808. The van der Waals surface area contributed by atoms with Crippen LogP contribution in [0.2, 0.25) is 0 Å². The van der Waals surface area contributed by atoms with Crippen molar-refractivity contribution in [3.8, 4) is 5.75 Å². The van der Waals surface area contributed by atoms with E-state index in [0.717, 1.165) is 25.3 Å². The minimum absolute atomic E-state index is 0.361. The summed E-state index contributed by atoms with van der Waals surface area (Å²) in [7, 11) is 3.38. The molecule has 5 nitrogen and oxygen atoms in total. The summed E-state index contributed by atoms with van der Waals surface area (Å²) in [6.07, 6.45) is 1.06. The number of hydrogen-bond donors (Lipinski definition) is 2. The molecule has 18 heavy (non-hydrogen) atoms. The minimum atomic E-state index is 0.361. The minimum Gasteiger partial charge on any atom is -0.497 e. The lowest BCUT2D eigenvalue weighted by Gasteiger charge is -2.19. The van der Waals surface area contributed by atoms with Crippen LogP contribution in [0.1, 0.15) is 6.42 Å². The molecule has 0 radical (unpaired) electrons. The van der Waals surface area contributed by atoms with Crippen LogP contribution in [0.15, 0.2) is 29.3 Å². The normalized spacial score (nSPS) is 20.0. The van der Waals surface area contributed by atoms with Gasteiger partial charge in [0, 0.05) is 37.9 Å². The van der Waals surface area contributed by atoms with E-state index in [4.69, 9.17) is 10.5 Å². The summed E-state index contributed by atoms with van der Waals surface area (Å²) >= 11 is 0. The Balaban J connectivity index is 1.99. The Bertz CT molecular complexity index is 433. The lowest BCUT2D eigenvalue weighted by atomic mass is 10.2. The number of guanidine groups is 1. The van der Waals surface area contributed by atoms with Crippen LogP contribution in [-0.2, 0) is 0 Å². The topological polar surface area (TPSA) is 62.9 Å². The van der Waals surface area contributed by atoms with Gasteiger partial charge in [-0.2, -0.15) is 0 Å². The van der Waals surface area contributed by atoms with Gasteiger partial charge in [0.25, 0.3) is 0 Å². The molecule has 1 fully saturated rings. The molecular formula is C13H20N4O. The first-order valence-electron chi connectivity index (χ1n) is 6.10. The van der Waals surface area contributed by atoms with Gasteiger partial charge in [-0.05, 0) is 18.6 Å². The van der Waals surface area contributed by atoms with Gasteiger partial charge in [-0.15, -0.1) is 0 Å². The van der Waals surface area contributed by atoms with Crippen LogP contribution >= 0.6 is 0 Å². The van der Waals surface area contributed by atoms with Crippen molar-refractivity contribution >= 4 is 11.6 Å². The Kier molecular flexibility index (Phi) is 3.92. The van der Waals surface area contributed by atoms with E-state index >= 15 is 0 Å². The fraction of sp³-hybridized carbons (Fsp3) is 0.462. The molecule has 1 aromatic carbocycles. The van der Waals surface area contributed by atoms with E-state index in [1.54, 1.807) is 14.2 Å². The van der Waals surface area contributed by atoms with E-state index in [9.17, 15) is 0 Å². The third-order valence-corrected chi connectivity index (χ3v) is 3.20. The number of nitrogens with one attached hydrogen (secondary N) is 1. The molecule has 5 heteroatoms. The number of ether oxygens (including phenoxy) is 1. The summed E-state index contributed by atoms with van der Waals surface area (Å²) in [6.45, 7) is 1.95. The highest BCUT2D eigenvalue weighted by atomic mass is 16.5. The van der Waals surface area contributed by atoms with E-state index in [1.807, 2.05) is 12.1 Å². The van der Waals surface area contributed by atoms with Crippen molar-refractivity contribution in [3.05, 3.63) is 24.3 Å². The van der Waals surface area contributed by atoms with Crippen LogP contribution < -0.4 is 20.7 Å². The summed E-state index contributed by atoms with van der Waals surface area (Å²) < 4.78 is 5.24. The molecule has 0 spiro atoms. The maximum Gasteiger partial charge on any atom is 0.188 e. The van der Waals surface area contributed by atoms with E-state index in [0.29, 0.717) is 12.0 Å². The van der Waals surface area contributed by atoms with Crippen LogP contribution in [-0.4, -0.2) is 39.2 Å². The summed E-state index contributed by atoms with van der Waals surface area (Å²) in [5, 5.41) is 3.21. The van der Waals surface area contributed by atoms with E-state index < -0.39 is 0 Å². The van der Waals surface area contributed by atoms with E-state index in [-0.39, 0.29) is 0 Å². The Morgan fingerprint density at radius 2 is 2.39 bits per heavy atom. The fourth-order valence-electron chi connectivity index (χ4n) is 2.19. The first-order chi connectivity index (χ1) is 8.72. The molecule has 0 amide bonds. The summed E-state index contributed by atoms with van der Waals surface area (Å²) in [5.41, 5.74) is 6.87. The van der Waals surface area contributed by atoms with Gasteiger partial charge in [-0.1, -0.05) is 6.07 Å². The number of anilines is 1. The lowest BCUT2D eigenvalue weighted by molar-refractivity contribution is 0.415. The van der Waals surface area contributed by atoms with Crippen molar-refractivity contribution in [3.63, 3.8) is 0 Å². The lowest BCUT2D eigenvalue weighted by Crippen LogP contribution is -2.41. The van der Waals surface area contributed by atoms with Gasteiger partial charge < -0.3 is 20.7 Å². The first kappa shape index (κ1) is 12.5.